The number of ether oxygens (including phenoxy) is 1. The van der Waals surface area contributed by atoms with Gasteiger partial charge in [0.1, 0.15) is 17.9 Å². The maximum Gasteiger partial charge on any atom is 0.131 e. The molecule has 24 heavy (non-hydrogen) atoms. The Kier molecular flexibility index (Phi) is 4.02. The van der Waals surface area contributed by atoms with E-state index in [0.717, 1.165) is 41.7 Å². The highest BCUT2D eigenvalue weighted by molar-refractivity contribution is 5.83. The van der Waals surface area contributed by atoms with Crippen LogP contribution in [0.4, 0.5) is 0 Å². The molecular formula is C20H25N2O2+. The molecule has 3 fully saturated rings. The number of benzene rings is 1. The second-order valence-corrected chi connectivity index (χ2v) is 7.13. The molecule has 2 bridgehead atoms. The Morgan fingerprint density at radius 1 is 1.42 bits per heavy atom. The minimum atomic E-state index is -0.467. The topological polar surface area (TPSA) is 46.8 Å². The van der Waals surface area contributed by atoms with E-state index in [1.165, 1.54) is 11.3 Å². The lowest BCUT2D eigenvalue weighted by Crippen LogP contribution is -3.20. The maximum atomic E-state index is 11.2. The summed E-state index contributed by atoms with van der Waals surface area (Å²) in [5, 5.41) is 12.2. The van der Waals surface area contributed by atoms with Crippen LogP contribution in [-0.4, -0.2) is 36.3 Å². The largest absolute Gasteiger partial charge is 0.497 e. The van der Waals surface area contributed by atoms with Gasteiger partial charge in [0.2, 0.25) is 0 Å². The molecule has 0 radical (unpaired) electrons. The van der Waals surface area contributed by atoms with Crippen molar-refractivity contribution in [1.29, 1.82) is 0 Å². The number of hydrogen-bond acceptors (Lipinski definition) is 3. The van der Waals surface area contributed by atoms with Crippen LogP contribution in [0.1, 0.15) is 24.5 Å². The first-order chi connectivity index (χ1) is 11.7. The molecule has 3 aliphatic heterocycles. The average Bonchev–Trinajstić information content (AvgIpc) is 2.66. The monoisotopic (exact) mass is 325 g/mol. The van der Waals surface area contributed by atoms with E-state index < -0.39 is 6.10 Å². The van der Waals surface area contributed by atoms with Gasteiger partial charge in [0.05, 0.1) is 25.7 Å². The fourth-order valence-electron chi connectivity index (χ4n) is 4.65. The average molecular weight is 325 g/mol. The minimum absolute atomic E-state index is 0.261. The highest BCUT2D eigenvalue weighted by Gasteiger charge is 2.45. The number of methoxy groups -OCH3 is 1. The molecule has 0 amide bonds. The van der Waals surface area contributed by atoms with Crippen LogP contribution in [0.2, 0.25) is 0 Å². The summed E-state index contributed by atoms with van der Waals surface area (Å²) in [6.07, 6.45) is 5.76. The van der Waals surface area contributed by atoms with Gasteiger partial charge in [-0.25, -0.2) is 0 Å². The zero-order valence-corrected chi connectivity index (χ0v) is 14.1. The molecule has 4 heterocycles. The Hall–Kier alpha value is -1.91. The predicted molar refractivity (Wildman–Crippen MR) is 94.2 cm³/mol. The van der Waals surface area contributed by atoms with Crippen molar-refractivity contribution >= 4 is 10.9 Å². The molecule has 4 nitrogen and oxygen atoms in total. The van der Waals surface area contributed by atoms with Crippen molar-refractivity contribution in [2.24, 2.45) is 11.8 Å². The predicted octanol–water partition coefficient (Wildman–Crippen LogP) is 1.76. The van der Waals surface area contributed by atoms with E-state index in [2.05, 4.69) is 17.6 Å². The number of quaternary nitrogens is 1. The van der Waals surface area contributed by atoms with Crippen molar-refractivity contribution in [2.45, 2.75) is 25.0 Å². The van der Waals surface area contributed by atoms with Gasteiger partial charge < -0.3 is 14.7 Å². The van der Waals surface area contributed by atoms with Crippen molar-refractivity contribution < 1.29 is 14.7 Å². The molecule has 2 aromatic rings. The summed E-state index contributed by atoms with van der Waals surface area (Å²) in [5.74, 6) is 2.07. The Bertz CT molecular complexity index is 760. The second-order valence-electron chi connectivity index (χ2n) is 7.13. The molecule has 0 spiro atoms. The first kappa shape index (κ1) is 15.6. The number of aliphatic hydroxyl groups excluding tert-OH is 1. The van der Waals surface area contributed by atoms with Gasteiger partial charge in [-0.15, -0.1) is 6.58 Å². The van der Waals surface area contributed by atoms with Crippen molar-refractivity contribution in [1.82, 2.24) is 4.98 Å². The van der Waals surface area contributed by atoms with E-state index in [4.69, 9.17) is 4.74 Å². The quantitative estimate of drug-likeness (QED) is 0.842. The van der Waals surface area contributed by atoms with Crippen molar-refractivity contribution in [2.75, 3.05) is 20.2 Å². The molecule has 1 aromatic carbocycles. The Balaban J connectivity index is 1.69. The number of piperidine rings is 3. The standard InChI is InChI=1S/C20H24N2O2/c1-3-13-12-22-9-7-14(13)10-19(22)20(23)16-6-8-21-18-5-4-15(24-2)11-17(16)18/h3-6,8,11,13-14,19-20,23H,1,7,9-10,12H2,2H3/p+1/t13-,14+,19+,20+/m0/s1. The van der Waals surface area contributed by atoms with Gasteiger partial charge in [0.15, 0.2) is 0 Å². The third-order valence-electron chi connectivity index (χ3n) is 6.01. The first-order valence-corrected chi connectivity index (χ1v) is 8.79. The lowest BCUT2D eigenvalue weighted by Gasteiger charge is -2.47. The summed E-state index contributed by atoms with van der Waals surface area (Å²) in [4.78, 5) is 5.95. The van der Waals surface area contributed by atoms with Crippen LogP contribution >= 0.6 is 0 Å². The molecule has 5 atom stereocenters. The zero-order chi connectivity index (χ0) is 16.7. The maximum absolute atomic E-state index is 11.2. The zero-order valence-electron chi connectivity index (χ0n) is 14.1. The molecule has 3 aliphatic rings. The summed E-state index contributed by atoms with van der Waals surface area (Å²) in [5.41, 5.74) is 1.88. The van der Waals surface area contributed by atoms with E-state index in [1.807, 2.05) is 24.3 Å². The van der Waals surface area contributed by atoms with Gasteiger partial charge in [-0.1, -0.05) is 6.08 Å². The number of nitrogens with zero attached hydrogens (tertiary/aromatic N) is 1. The molecule has 0 saturated carbocycles. The van der Waals surface area contributed by atoms with Crippen molar-refractivity contribution in [3.8, 4) is 5.75 Å². The third-order valence-corrected chi connectivity index (χ3v) is 6.01. The number of fused-ring (bicyclic) bond motifs is 4. The molecule has 0 aliphatic carbocycles. The van der Waals surface area contributed by atoms with E-state index >= 15 is 0 Å². The van der Waals surface area contributed by atoms with E-state index in [0.29, 0.717) is 11.8 Å². The van der Waals surface area contributed by atoms with E-state index in [1.54, 1.807) is 13.3 Å². The molecule has 4 heteroatoms. The van der Waals surface area contributed by atoms with Crippen LogP contribution in [0.3, 0.4) is 0 Å². The van der Waals surface area contributed by atoms with Gasteiger partial charge in [-0.2, -0.15) is 0 Å². The van der Waals surface area contributed by atoms with Crippen LogP contribution in [0.5, 0.6) is 5.75 Å². The highest BCUT2D eigenvalue weighted by atomic mass is 16.5. The second kappa shape index (κ2) is 6.19. The van der Waals surface area contributed by atoms with Crippen molar-refractivity contribution in [3.05, 3.63) is 48.7 Å². The fraction of sp³-hybridized carbons (Fsp3) is 0.450. The van der Waals surface area contributed by atoms with Gasteiger partial charge in [0.25, 0.3) is 0 Å². The molecule has 1 unspecified atom stereocenters. The molecule has 2 N–H and O–H groups in total. The number of nitrogens with one attached hydrogen (secondary N) is 1. The van der Waals surface area contributed by atoms with Crippen LogP contribution in [-0.2, 0) is 0 Å². The third kappa shape index (κ3) is 2.50. The van der Waals surface area contributed by atoms with Crippen LogP contribution in [0.15, 0.2) is 43.1 Å². The minimum Gasteiger partial charge on any atom is -0.497 e. The number of pyridine rings is 1. The summed E-state index contributed by atoms with van der Waals surface area (Å²) in [7, 11) is 1.67. The van der Waals surface area contributed by atoms with Crippen LogP contribution in [0, 0.1) is 11.8 Å². The summed E-state index contributed by atoms with van der Waals surface area (Å²) >= 11 is 0. The molecule has 126 valence electrons. The van der Waals surface area contributed by atoms with Crippen molar-refractivity contribution in [3.63, 3.8) is 0 Å². The molecule has 3 saturated heterocycles. The number of rotatable bonds is 4. The smallest absolute Gasteiger partial charge is 0.131 e. The molecule has 1 aromatic heterocycles. The summed E-state index contributed by atoms with van der Waals surface area (Å²) in [6.45, 7) is 6.25. The number of aromatic nitrogens is 1. The Morgan fingerprint density at radius 3 is 3.00 bits per heavy atom. The van der Waals surface area contributed by atoms with E-state index in [-0.39, 0.29) is 6.04 Å². The molecular weight excluding hydrogens is 300 g/mol. The highest BCUT2D eigenvalue weighted by Crippen LogP contribution is 2.34. The lowest BCUT2D eigenvalue weighted by molar-refractivity contribution is -0.949. The SMILES string of the molecule is C=C[C@H]1C[NH+]2CC[C@@H]1C[C@@H]2[C@H](O)c1ccnc2ccc(OC)cc12. The lowest BCUT2D eigenvalue weighted by atomic mass is 9.73. The number of hydrogen-bond donors (Lipinski definition) is 2. The van der Waals surface area contributed by atoms with Gasteiger partial charge >= 0.3 is 0 Å². The van der Waals surface area contributed by atoms with Gasteiger partial charge in [-0.05, 0) is 35.7 Å². The fourth-order valence-corrected chi connectivity index (χ4v) is 4.65. The Morgan fingerprint density at radius 2 is 2.29 bits per heavy atom. The van der Waals surface area contributed by atoms with Crippen LogP contribution in [0.25, 0.3) is 10.9 Å². The van der Waals surface area contributed by atoms with Gasteiger partial charge in [-0.3, -0.25) is 4.98 Å². The van der Waals surface area contributed by atoms with E-state index in [9.17, 15) is 5.11 Å². The summed E-state index contributed by atoms with van der Waals surface area (Å²) < 4.78 is 5.35. The normalized spacial score (nSPS) is 30.2. The van der Waals surface area contributed by atoms with Crippen LogP contribution < -0.4 is 9.64 Å². The van der Waals surface area contributed by atoms with Gasteiger partial charge in [0, 0.05) is 30.3 Å². The number of aliphatic hydroxyl groups is 1. The molecule has 5 rings (SSSR count). The summed E-state index contributed by atoms with van der Waals surface area (Å²) in [6, 6.07) is 8.08. The first-order valence-electron chi connectivity index (χ1n) is 8.79. The Labute approximate surface area is 142 Å².